The number of aliphatic carboxylic acids is 1. The van der Waals surface area contributed by atoms with Crippen LogP contribution in [-0.2, 0) is 10.3 Å². The van der Waals surface area contributed by atoms with Crippen molar-refractivity contribution in [3.63, 3.8) is 0 Å². The maximum absolute atomic E-state index is 14.4. The molecular formula is C16H14BrF2N3O2S. The van der Waals surface area contributed by atoms with E-state index in [0.29, 0.717) is 10.9 Å². The number of carboxylic acid groups (broad SMARTS) is 1. The van der Waals surface area contributed by atoms with Crippen molar-refractivity contribution in [2.75, 3.05) is 6.67 Å². The Hall–Kier alpha value is -1.66. The topological polar surface area (TPSA) is 80.0 Å². The summed E-state index contributed by atoms with van der Waals surface area (Å²) in [7, 11) is 0. The number of carbonyl (C=O) groups is 1. The molecule has 4 atom stereocenters. The van der Waals surface area contributed by atoms with Crippen molar-refractivity contribution in [2.45, 2.75) is 29.2 Å². The molecule has 0 bridgehead atoms. The second-order valence-electron chi connectivity index (χ2n) is 6.24. The van der Waals surface area contributed by atoms with Gasteiger partial charge in [-0.2, -0.15) is 0 Å². The number of hydrogen-bond acceptors (Lipinski definition) is 4. The van der Waals surface area contributed by atoms with E-state index in [1.165, 1.54) is 30.0 Å². The number of fused-ring (bicyclic) bond motifs is 1. The van der Waals surface area contributed by atoms with E-state index in [9.17, 15) is 13.6 Å². The molecule has 0 amide bonds. The number of alkyl halides is 1. The molecule has 1 aliphatic carbocycles. The lowest BCUT2D eigenvalue weighted by molar-refractivity contribution is -0.137. The van der Waals surface area contributed by atoms with Crippen molar-refractivity contribution in [3.8, 4) is 0 Å². The third kappa shape index (κ3) is 2.91. The van der Waals surface area contributed by atoms with Gasteiger partial charge >= 0.3 is 12.0 Å². The fourth-order valence-electron chi connectivity index (χ4n) is 3.56. The molecule has 0 radical (unpaired) electrons. The molecule has 1 aliphatic heterocycles. The molecule has 1 aromatic rings. The Balaban J connectivity index is 2.05. The van der Waals surface area contributed by atoms with E-state index in [4.69, 9.17) is 17.4 Å². The van der Waals surface area contributed by atoms with E-state index in [-0.39, 0.29) is 17.2 Å². The predicted octanol–water partition coefficient (Wildman–Crippen LogP) is 3.34. The van der Waals surface area contributed by atoms with Gasteiger partial charge in [-0.15, -0.1) is 0 Å². The van der Waals surface area contributed by atoms with Crippen LogP contribution in [0.3, 0.4) is 0 Å². The van der Waals surface area contributed by atoms with Gasteiger partial charge in [0.2, 0.25) is 0 Å². The SMILES string of the molecule is [C-]#[N+]C(C[C@]12C[C@H]1[C@@](CF)(c1cc(Br)ccc1F)N=C(N)S2)C(=O)O. The van der Waals surface area contributed by atoms with Gasteiger partial charge in [-0.1, -0.05) is 27.7 Å². The summed E-state index contributed by atoms with van der Waals surface area (Å²) >= 11 is 4.42. The van der Waals surface area contributed by atoms with E-state index in [1.54, 1.807) is 0 Å². The Morgan fingerprint density at radius 1 is 1.64 bits per heavy atom. The second-order valence-corrected chi connectivity index (χ2v) is 8.59. The van der Waals surface area contributed by atoms with Crippen molar-refractivity contribution in [1.82, 2.24) is 0 Å². The van der Waals surface area contributed by atoms with E-state index in [1.807, 2.05) is 0 Å². The number of aliphatic imine (C=N–C) groups is 1. The van der Waals surface area contributed by atoms with E-state index >= 15 is 0 Å². The van der Waals surface area contributed by atoms with E-state index in [0.717, 1.165) is 0 Å². The highest BCUT2D eigenvalue weighted by Crippen LogP contribution is 2.68. The minimum Gasteiger partial charge on any atom is -0.476 e. The summed E-state index contributed by atoms with van der Waals surface area (Å²) in [5, 5.41) is 9.25. The van der Waals surface area contributed by atoms with Gasteiger partial charge < -0.3 is 15.7 Å². The van der Waals surface area contributed by atoms with Gasteiger partial charge in [0, 0.05) is 27.1 Å². The Morgan fingerprint density at radius 2 is 2.36 bits per heavy atom. The summed E-state index contributed by atoms with van der Waals surface area (Å²) in [5.41, 5.74) is 4.49. The van der Waals surface area contributed by atoms with Gasteiger partial charge in [-0.25, -0.2) is 25.1 Å². The molecule has 3 N–H and O–H groups in total. The van der Waals surface area contributed by atoms with Crippen LogP contribution < -0.4 is 5.73 Å². The van der Waals surface area contributed by atoms with Crippen LogP contribution in [0.25, 0.3) is 4.85 Å². The van der Waals surface area contributed by atoms with Gasteiger partial charge in [-0.05, 0) is 24.6 Å². The molecule has 2 aliphatic rings. The Kier molecular flexibility index (Phi) is 4.54. The standard InChI is InChI=1S/C16H14BrF2N3O2S/c1-21-11(13(23)24)5-15-6-12(15)16(7-18,22-14(20)25-15)9-4-8(17)2-3-10(9)19/h2-4,11-12H,5-7H2,(H2,20,22)(H,23,24)/t11?,12-,15+,16-/m1/s1. The zero-order valence-corrected chi connectivity index (χ0v) is 15.3. The lowest BCUT2D eigenvalue weighted by Gasteiger charge is -2.35. The first-order valence-corrected chi connectivity index (χ1v) is 9.04. The first-order valence-electron chi connectivity index (χ1n) is 7.43. The molecule has 25 heavy (non-hydrogen) atoms. The highest BCUT2D eigenvalue weighted by Gasteiger charge is 2.69. The Bertz CT molecular complexity index is 815. The van der Waals surface area contributed by atoms with Gasteiger partial charge in [0.25, 0.3) is 0 Å². The molecule has 1 fully saturated rings. The normalized spacial score (nSPS) is 31.4. The number of rotatable bonds is 5. The van der Waals surface area contributed by atoms with Crippen molar-refractivity contribution in [2.24, 2.45) is 16.6 Å². The van der Waals surface area contributed by atoms with Crippen LogP contribution in [0.4, 0.5) is 8.78 Å². The lowest BCUT2D eigenvalue weighted by atomic mass is 9.84. The van der Waals surface area contributed by atoms with Crippen molar-refractivity contribution >= 4 is 38.8 Å². The Labute approximate surface area is 155 Å². The monoisotopic (exact) mass is 429 g/mol. The van der Waals surface area contributed by atoms with E-state index in [2.05, 4.69) is 25.8 Å². The largest absolute Gasteiger partial charge is 0.476 e. The molecule has 0 saturated heterocycles. The third-order valence-electron chi connectivity index (χ3n) is 4.80. The van der Waals surface area contributed by atoms with Crippen LogP contribution in [-0.4, -0.2) is 33.7 Å². The number of amidine groups is 1. The average Bonchev–Trinajstić information content (AvgIpc) is 3.28. The molecular weight excluding hydrogens is 416 g/mol. The highest BCUT2D eigenvalue weighted by atomic mass is 79.9. The van der Waals surface area contributed by atoms with Gasteiger partial charge in [-0.3, -0.25) is 0 Å². The number of nitrogens with zero attached hydrogens (tertiary/aromatic N) is 2. The second kappa shape index (κ2) is 6.25. The highest BCUT2D eigenvalue weighted by molar-refractivity contribution is 9.10. The molecule has 5 nitrogen and oxygen atoms in total. The summed E-state index contributed by atoms with van der Waals surface area (Å²) in [6, 6.07) is 2.98. The van der Waals surface area contributed by atoms with Crippen LogP contribution in [0.15, 0.2) is 27.7 Å². The van der Waals surface area contributed by atoms with Crippen molar-refractivity contribution in [1.29, 1.82) is 0 Å². The number of benzene rings is 1. The third-order valence-corrected chi connectivity index (χ3v) is 6.61. The molecule has 1 saturated carbocycles. The smallest absolute Gasteiger partial charge is 0.387 e. The fourth-order valence-corrected chi connectivity index (χ4v) is 5.38. The number of thioether (sulfide) groups is 1. The van der Waals surface area contributed by atoms with E-state index < -0.39 is 40.7 Å². The predicted molar refractivity (Wildman–Crippen MR) is 94.4 cm³/mol. The summed E-state index contributed by atoms with van der Waals surface area (Å²) in [5.74, 6) is -2.24. The van der Waals surface area contributed by atoms with Crippen LogP contribution in [0.1, 0.15) is 18.4 Å². The Morgan fingerprint density at radius 3 is 2.96 bits per heavy atom. The summed E-state index contributed by atoms with van der Waals surface area (Å²) in [4.78, 5) is 18.6. The molecule has 1 heterocycles. The van der Waals surface area contributed by atoms with Crippen molar-refractivity contribution in [3.05, 3.63) is 45.5 Å². The van der Waals surface area contributed by atoms with Gasteiger partial charge in [0.15, 0.2) is 5.17 Å². The first kappa shape index (κ1) is 18.1. The minimum absolute atomic E-state index is 0.0226. The molecule has 0 aromatic heterocycles. The first-order chi connectivity index (χ1) is 11.8. The average molecular weight is 430 g/mol. The number of carboxylic acids is 1. The maximum atomic E-state index is 14.4. The number of nitrogens with two attached hydrogens (primary N) is 1. The van der Waals surface area contributed by atoms with Crippen LogP contribution in [0, 0.1) is 18.3 Å². The van der Waals surface area contributed by atoms with Crippen LogP contribution in [0.5, 0.6) is 0 Å². The van der Waals surface area contributed by atoms with Crippen LogP contribution in [0.2, 0.25) is 0 Å². The number of hydrogen-bond donors (Lipinski definition) is 2. The number of halogens is 3. The van der Waals surface area contributed by atoms with Gasteiger partial charge in [0.1, 0.15) is 18.0 Å². The fraction of sp³-hybridized carbons (Fsp3) is 0.438. The van der Waals surface area contributed by atoms with Crippen LogP contribution >= 0.6 is 27.7 Å². The molecule has 1 unspecified atom stereocenters. The quantitative estimate of drug-likeness (QED) is 0.703. The molecule has 0 spiro atoms. The summed E-state index contributed by atoms with van der Waals surface area (Å²) < 4.78 is 28.5. The minimum atomic E-state index is -1.49. The lowest BCUT2D eigenvalue weighted by Crippen LogP contribution is -2.41. The molecule has 9 heteroatoms. The summed E-state index contributed by atoms with van der Waals surface area (Å²) in [6.07, 6.45) is 0.450. The molecule has 3 rings (SSSR count). The van der Waals surface area contributed by atoms with Gasteiger partial charge in [0.05, 0.1) is 0 Å². The van der Waals surface area contributed by atoms with Crippen molar-refractivity contribution < 1.29 is 18.7 Å². The zero-order chi connectivity index (χ0) is 18.4. The molecule has 1 aromatic carbocycles. The molecule has 132 valence electrons. The summed E-state index contributed by atoms with van der Waals surface area (Å²) in [6.45, 7) is 6.11. The maximum Gasteiger partial charge on any atom is 0.387 e. The zero-order valence-electron chi connectivity index (χ0n) is 12.9.